The summed E-state index contributed by atoms with van der Waals surface area (Å²) in [6.07, 6.45) is 1.84. The quantitative estimate of drug-likeness (QED) is 0.714. The van der Waals surface area contributed by atoms with Gasteiger partial charge in [0.2, 0.25) is 0 Å². The Morgan fingerprint density at radius 2 is 2.23 bits per heavy atom. The minimum Gasteiger partial charge on any atom is -0.369 e. The molecule has 4 rings (SSSR count). The molecule has 1 aromatic carbocycles. The van der Waals surface area contributed by atoms with E-state index in [1.807, 2.05) is 18.2 Å². The van der Waals surface area contributed by atoms with Gasteiger partial charge in [-0.3, -0.25) is 4.98 Å². The van der Waals surface area contributed by atoms with Gasteiger partial charge in [-0.1, -0.05) is 6.07 Å². The Morgan fingerprint density at radius 1 is 1.27 bits per heavy atom. The van der Waals surface area contributed by atoms with Crippen molar-refractivity contribution in [2.75, 3.05) is 24.6 Å². The fourth-order valence-corrected chi connectivity index (χ4v) is 3.66. The third-order valence-corrected chi connectivity index (χ3v) is 4.91. The van der Waals surface area contributed by atoms with E-state index in [1.165, 1.54) is 17.0 Å². The minimum absolute atomic E-state index is 0.0948. The molecule has 2 aromatic heterocycles. The first-order chi connectivity index (χ1) is 10.8. The lowest BCUT2D eigenvalue weighted by molar-refractivity contribution is 0.0422. The molecule has 0 amide bonds. The van der Waals surface area contributed by atoms with Gasteiger partial charge >= 0.3 is 0 Å². The van der Waals surface area contributed by atoms with Crippen LogP contribution in [-0.4, -0.2) is 24.7 Å². The van der Waals surface area contributed by atoms with Gasteiger partial charge in [-0.2, -0.15) is 0 Å². The van der Waals surface area contributed by atoms with Crippen LogP contribution in [0.5, 0.6) is 0 Å². The molecule has 112 valence electrons. The van der Waals surface area contributed by atoms with Crippen LogP contribution in [0.25, 0.3) is 10.9 Å². The number of nitrogens with zero attached hydrogens (tertiary/aromatic N) is 2. The van der Waals surface area contributed by atoms with E-state index in [0.717, 1.165) is 24.2 Å². The molecule has 3 aromatic rings. The largest absolute Gasteiger partial charge is 0.369 e. The van der Waals surface area contributed by atoms with E-state index in [2.05, 4.69) is 21.3 Å². The summed E-state index contributed by atoms with van der Waals surface area (Å²) in [6, 6.07) is 10.9. The highest BCUT2D eigenvalue weighted by atomic mass is 32.1. The number of aromatic nitrogens is 1. The molecule has 0 aliphatic carbocycles. The number of ether oxygens (including phenoxy) is 1. The van der Waals surface area contributed by atoms with Gasteiger partial charge in [-0.25, -0.2) is 4.39 Å². The van der Waals surface area contributed by atoms with Crippen molar-refractivity contribution < 1.29 is 9.13 Å². The van der Waals surface area contributed by atoms with E-state index < -0.39 is 0 Å². The third-order valence-electron chi connectivity index (χ3n) is 3.95. The van der Waals surface area contributed by atoms with Gasteiger partial charge in [-0.15, -0.1) is 11.3 Å². The first-order valence-corrected chi connectivity index (χ1v) is 8.13. The number of hydrogen-bond acceptors (Lipinski definition) is 4. The molecule has 22 heavy (non-hydrogen) atoms. The number of hydrogen-bond donors (Lipinski definition) is 0. The lowest BCUT2D eigenvalue weighted by Crippen LogP contribution is -2.38. The molecule has 0 saturated carbocycles. The van der Waals surface area contributed by atoms with E-state index in [1.54, 1.807) is 17.5 Å². The summed E-state index contributed by atoms with van der Waals surface area (Å²) in [5.41, 5.74) is 1.78. The van der Waals surface area contributed by atoms with Crippen LogP contribution in [-0.2, 0) is 4.74 Å². The highest BCUT2D eigenvalue weighted by Gasteiger charge is 2.24. The number of pyridine rings is 1. The minimum atomic E-state index is -0.254. The van der Waals surface area contributed by atoms with Gasteiger partial charge in [0.15, 0.2) is 0 Å². The molecule has 1 fully saturated rings. The first kappa shape index (κ1) is 13.7. The van der Waals surface area contributed by atoms with Crippen LogP contribution in [0.4, 0.5) is 10.1 Å². The molecule has 5 heteroatoms. The van der Waals surface area contributed by atoms with Crippen LogP contribution in [0, 0.1) is 5.82 Å². The topological polar surface area (TPSA) is 25.4 Å². The smallest absolute Gasteiger partial charge is 0.125 e. The maximum Gasteiger partial charge on any atom is 0.125 e. The molecule has 0 N–H and O–H groups in total. The Morgan fingerprint density at radius 3 is 3.09 bits per heavy atom. The number of thiophene rings is 1. The van der Waals surface area contributed by atoms with Gasteiger partial charge in [-0.05, 0) is 29.6 Å². The summed E-state index contributed by atoms with van der Waals surface area (Å²) in [5, 5.41) is 3.05. The summed E-state index contributed by atoms with van der Waals surface area (Å²) >= 11 is 1.72. The Balaban J connectivity index is 1.69. The van der Waals surface area contributed by atoms with Crippen molar-refractivity contribution in [3.63, 3.8) is 0 Å². The van der Waals surface area contributed by atoms with Gasteiger partial charge in [0, 0.05) is 41.3 Å². The second-order valence-electron chi connectivity index (χ2n) is 5.31. The second kappa shape index (κ2) is 5.66. The monoisotopic (exact) mass is 314 g/mol. The standard InChI is InChI=1S/C17H15FN2OS/c18-12-3-4-13-14(10-12)19-6-5-15(13)20-7-8-21-16(11-20)17-2-1-9-22-17/h1-6,9-10,16H,7-8,11H2. The number of fused-ring (bicyclic) bond motifs is 1. The van der Waals surface area contributed by atoms with E-state index in [4.69, 9.17) is 4.74 Å². The van der Waals surface area contributed by atoms with Crippen LogP contribution in [0.2, 0.25) is 0 Å². The van der Waals surface area contributed by atoms with Gasteiger partial charge < -0.3 is 9.64 Å². The molecule has 3 heterocycles. The number of halogens is 1. The SMILES string of the molecule is Fc1ccc2c(N3CCOC(c4cccs4)C3)ccnc2c1. The zero-order chi connectivity index (χ0) is 14.9. The molecule has 0 spiro atoms. The van der Waals surface area contributed by atoms with E-state index in [-0.39, 0.29) is 11.9 Å². The predicted molar refractivity (Wildman–Crippen MR) is 86.9 cm³/mol. The molecule has 1 aliphatic heterocycles. The van der Waals surface area contributed by atoms with Crippen molar-refractivity contribution in [3.8, 4) is 0 Å². The van der Waals surface area contributed by atoms with Crippen LogP contribution < -0.4 is 4.90 Å². The lowest BCUT2D eigenvalue weighted by Gasteiger charge is -2.34. The van der Waals surface area contributed by atoms with Crippen molar-refractivity contribution in [2.24, 2.45) is 0 Å². The highest BCUT2D eigenvalue weighted by molar-refractivity contribution is 7.10. The third kappa shape index (κ3) is 2.46. The van der Waals surface area contributed by atoms with Crippen molar-refractivity contribution >= 4 is 27.9 Å². The predicted octanol–water partition coefficient (Wildman–Crippen LogP) is 4.01. The first-order valence-electron chi connectivity index (χ1n) is 7.25. The summed E-state index contributed by atoms with van der Waals surface area (Å²) in [7, 11) is 0. The van der Waals surface area contributed by atoms with E-state index in [9.17, 15) is 4.39 Å². The molecule has 0 radical (unpaired) electrons. The number of benzene rings is 1. The van der Waals surface area contributed by atoms with Crippen molar-refractivity contribution in [2.45, 2.75) is 6.10 Å². The van der Waals surface area contributed by atoms with E-state index >= 15 is 0 Å². The molecular formula is C17H15FN2OS. The molecular weight excluding hydrogens is 299 g/mol. The molecule has 1 atom stereocenters. The number of anilines is 1. The van der Waals surface area contributed by atoms with Gasteiger partial charge in [0.25, 0.3) is 0 Å². The average molecular weight is 314 g/mol. The van der Waals surface area contributed by atoms with Crippen molar-refractivity contribution in [1.82, 2.24) is 4.98 Å². The Hall–Kier alpha value is -1.98. The maximum absolute atomic E-state index is 13.4. The van der Waals surface area contributed by atoms with Gasteiger partial charge in [0.05, 0.1) is 12.1 Å². The highest BCUT2D eigenvalue weighted by Crippen LogP contribution is 2.32. The Kier molecular flexibility index (Phi) is 3.52. The van der Waals surface area contributed by atoms with Crippen LogP contribution >= 0.6 is 11.3 Å². The lowest BCUT2D eigenvalue weighted by atomic mass is 10.1. The summed E-state index contributed by atoms with van der Waals surface area (Å²) in [5.74, 6) is -0.254. The molecule has 3 nitrogen and oxygen atoms in total. The Bertz CT molecular complexity index is 790. The number of morpholine rings is 1. The zero-order valence-corrected chi connectivity index (χ0v) is 12.7. The fraction of sp³-hybridized carbons (Fsp3) is 0.235. The van der Waals surface area contributed by atoms with Crippen LogP contribution in [0.1, 0.15) is 11.0 Å². The average Bonchev–Trinajstić information content (AvgIpc) is 3.08. The normalized spacial score (nSPS) is 18.8. The van der Waals surface area contributed by atoms with Crippen molar-refractivity contribution in [1.29, 1.82) is 0 Å². The summed E-state index contributed by atoms with van der Waals surface area (Å²) < 4.78 is 19.3. The van der Waals surface area contributed by atoms with E-state index in [0.29, 0.717) is 12.1 Å². The molecule has 0 bridgehead atoms. The second-order valence-corrected chi connectivity index (χ2v) is 6.29. The molecule has 1 unspecified atom stereocenters. The number of rotatable bonds is 2. The van der Waals surface area contributed by atoms with Crippen molar-refractivity contribution in [3.05, 3.63) is 58.7 Å². The maximum atomic E-state index is 13.4. The van der Waals surface area contributed by atoms with Gasteiger partial charge in [0.1, 0.15) is 11.9 Å². The Labute approximate surface area is 132 Å². The fourth-order valence-electron chi connectivity index (χ4n) is 2.90. The summed E-state index contributed by atoms with van der Waals surface area (Å²) in [6.45, 7) is 2.32. The summed E-state index contributed by atoms with van der Waals surface area (Å²) in [4.78, 5) is 7.82. The van der Waals surface area contributed by atoms with Crippen LogP contribution in [0.15, 0.2) is 48.0 Å². The van der Waals surface area contributed by atoms with Crippen LogP contribution in [0.3, 0.4) is 0 Å². The zero-order valence-electron chi connectivity index (χ0n) is 11.9. The molecule has 1 aliphatic rings. The molecule has 1 saturated heterocycles.